The van der Waals surface area contributed by atoms with E-state index in [1.165, 1.54) is 0 Å². The summed E-state index contributed by atoms with van der Waals surface area (Å²) in [6.45, 7) is 5.80. The van der Waals surface area contributed by atoms with Crippen molar-refractivity contribution in [2.45, 2.75) is 39.3 Å². The second-order valence-corrected chi connectivity index (χ2v) is 6.58. The lowest BCUT2D eigenvalue weighted by Crippen LogP contribution is -2.22. The molecule has 140 valence electrons. The normalized spacial score (nSPS) is 12.2. The maximum Gasteiger partial charge on any atom is 0.251 e. The zero-order chi connectivity index (χ0) is 19.4. The van der Waals surface area contributed by atoms with Gasteiger partial charge in [0, 0.05) is 17.0 Å². The number of pyridine rings is 1. The molecule has 0 aliphatic heterocycles. The quantitative estimate of drug-likeness (QED) is 0.694. The standard InChI is InChI=1S/C20H22N4O3/c1-12(2)19-23-18(27-24-19)11-21-20(26)15-9-7-14(8-10-15)17-6-4-5-16(22-17)13(3)25/h4-10,12-13,25H,11H2,1-3H3,(H,21,26). The largest absolute Gasteiger partial charge is 0.387 e. The van der Waals surface area contributed by atoms with E-state index in [1.807, 2.05) is 38.1 Å². The minimum atomic E-state index is -0.629. The molecule has 0 saturated carbocycles. The van der Waals surface area contributed by atoms with Gasteiger partial charge in [0.25, 0.3) is 5.91 Å². The summed E-state index contributed by atoms with van der Waals surface area (Å²) in [6.07, 6.45) is -0.629. The van der Waals surface area contributed by atoms with Gasteiger partial charge < -0.3 is 14.9 Å². The van der Waals surface area contributed by atoms with Crippen molar-refractivity contribution in [1.29, 1.82) is 0 Å². The molecule has 2 heterocycles. The van der Waals surface area contributed by atoms with Crippen LogP contribution in [0.1, 0.15) is 60.6 Å². The van der Waals surface area contributed by atoms with E-state index in [4.69, 9.17) is 4.52 Å². The number of aliphatic hydroxyl groups is 1. The van der Waals surface area contributed by atoms with Crippen molar-refractivity contribution in [2.75, 3.05) is 0 Å². The fourth-order valence-corrected chi connectivity index (χ4v) is 2.47. The number of aromatic nitrogens is 3. The summed E-state index contributed by atoms with van der Waals surface area (Å²) in [6, 6.07) is 12.6. The van der Waals surface area contributed by atoms with Gasteiger partial charge in [-0.25, -0.2) is 0 Å². The number of nitrogens with zero attached hydrogens (tertiary/aromatic N) is 3. The van der Waals surface area contributed by atoms with Crippen LogP contribution < -0.4 is 5.32 Å². The van der Waals surface area contributed by atoms with Crippen molar-refractivity contribution in [3.63, 3.8) is 0 Å². The van der Waals surface area contributed by atoms with E-state index < -0.39 is 6.10 Å². The summed E-state index contributed by atoms with van der Waals surface area (Å²) < 4.78 is 5.12. The molecule has 0 fully saturated rings. The van der Waals surface area contributed by atoms with E-state index >= 15 is 0 Å². The summed E-state index contributed by atoms with van der Waals surface area (Å²) in [5.74, 6) is 0.946. The molecule has 0 bridgehead atoms. The molecule has 3 rings (SSSR count). The summed E-state index contributed by atoms with van der Waals surface area (Å²) in [5.41, 5.74) is 2.74. The average Bonchev–Trinajstić information content (AvgIpc) is 3.16. The van der Waals surface area contributed by atoms with Crippen molar-refractivity contribution in [3.05, 3.63) is 65.4 Å². The van der Waals surface area contributed by atoms with Crippen molar-refractivity contribution in [3.8, 4) is 11.3 Å². The summed E-state index contributed by atoms with van der Waals surface area (Å²) in [4.78, 5) is 21.0. The molecule has 2 N–H and O–H groups in total. The molecule has 0 saturated heterocycles. The molecule has 27 heavy (non-hydrogen) atoms. The number of aliphatic hydroxyl groups excluding tert-OH is 1. The Morgan fingerprint density at radius 2 is 1.85 bits per heavy atom. The molecule has 1 atom stereocenters. The van der Waals surface area contributed by atoms with E-state index in [0.29, 0.717) is 23.0 Å². The zero-order valence-electron chi connectivity index (χ0n) is 15.5. The van der Waals surface area contributed by atoms with Crippen molar-refractivity contribution < 1.29 is 14.4 Å². The van der Waals surface area contributed by atoms with Crippen molar-refractivity contribution in [1.82, 2.24) is 20.4 Å². The lowest BCUT2D eigenvalue weighted by atomic mass is 10.1. The van der Waals surface area contributed by atoms with Crippen LogP contribution in [0.2, 0.25) is 0 Å². The molecular formula is C20H22N4O3. The van der Waals surface area contributed by atoms with Gasteiger partial charge in [-0.2, -0.15) is 4.98 Å². The van der Waals surface area contributed by atoms with E-state index in [1.54, 1.807) is 25.1 Å². The van der Waals surface area contributed by atoms with Crippen LogP contribution in [-0.2, 0) is 6.54 Å². The highest BCUT2D eigenvalue weighted by Gasteiger charge is 2.12. The van der Waals surface area contributed by atoms with Crippen molar-refractivity contribution >= 4 is 5.91 Å². The Labute approximate surface area is 157 Å². The highest BCUT2D eigenvalue weighted by Crippen LogP contribution is 2.20. The summed E-state index contributed by atoms with van der Waals surface area (Å²) in [5, 5.41) is 16.3. The van der Waals surface area contributed by atoms with Crippen LogP contribution in [0.25, 0.3) is 11.3 Å². The second-order valence-electron chi connectivity index (χ2n) is 6.58. The first kappa shape index (κ1) is 18.7. The van der Waals surface area contributed by atoms with Crippen LogP contribution in [-0.4, -0.2) is 26.1 Å². The van der Waals surface area contributed by atoms with E-state index in [-0.39, 0.29) is 18.4 Å². The van der Waals surface area contributed by atoms with Crippen LogP contribution in [0.4, 0.5) is 0 Å². The monoisotopic (exact) mass is 366 g/mol. The van der Waals surface area contributed by atoms with Gasteiger partial charge in [-0.3, -0.25) is 9.78 Å². The molecule has 0 spiro atoms. The predicted molar refractivity (Wildman–Crippen MR) is 99.9 cm³/mol. The molecule has 1 amide bonds. The topological polar surface area (TPSA) is 101 Å². The Hall–Kier alpha value is -3.06. The predicted octanol–water partition coefficient (Wildman–Crippen LogP) is 3.24. The van der Waals surface area contributed by atoms with E-state index in [9.17, 15) is 9.90 Å². The molecule has 7 heteroatoms. The van der Waals surface area contributed by atoms with Gasteiger partial charge in [-0.1, -0.05) is 37.2 Å². The number of carbonyl (C=O) groups excluding carboxylic acids is 1. The number of benzene rings is 1. The minimum Gasteiger partial charge on any atom is -0.387 e. The molecular weight excluding hydrogens is 344 g/mol. The van der Waals surface area contributed by atoms with Crippen LogP contribution in [0.5, 0.6) is 0 Å². The number of hydrogen-bond donors (Lipinski definition) is 2. The third kappa shape index (κ3) is 4.57. The second kappa shape index (κ2) is 8.09. The molecule has 0 aliphatic carbocycles. The molecule has 3 aromatic rings. The first-order chi connectivity index (χ1) is 12.9. The first-order valence-electron chi connectivity index (χ1n) is 8.80. The van der Waals surface area contributed by atoms with Gasteiger partial charge in [-0.15, -0.1) is 0 Å². The summed E-state index contributed by atoms with van der Waals surface area (Å²) >= 11 is 0. The number of nitrogens with one attached hydrogen (secondary N) is 1. The van der Waals surface area contributed by atoms with E-state index in [2.05, 4.69) is 20.4 Å². The minimum absolute atomic E-state index is 0.173. The fourth-order valence-electron chi connectivity index (χ4n) is 2.47. The van der Waals surface area contributed by atoms with Gasteiger partial charge in [-0.05, 0) is 31.2 Å². The maximum atomic E-state index is 12.3. The first-order valence-corrected chi connectivity index (χ1v) is 8.80. The molecule has 1 unspecified atom stereocenters. The zero-order valence-corrected chi connectivity index (χ0v) is 15.5. The summed E-state index contributed by atoms with van der Waals surface area (Å²) in [7, 11) is 0. The van der Waals surface area contributed by atoms with Crippen LogP contribution >= 0.6 is 0 Å². The highest BCUT2D eigenvalue weighted by molar-refractivity contribution is 5.94. The van der Waals surface area contributed by atoms with Crippen molar-refractivity contribution in [2.24, 2.45) is 0 Å². The number of amides is 1. The highest BCUT2D eigenvalue weighted by atomic mass is 16.5. The van der Waals surface area contributed by atoms with Crippen LogP contribution in [0.15, 0.2) is 47.0 Å². The molecule has 1 aromatic carbocycles. The third-order valence-electron chi connectivity index (χ3n) is 4.04. The Kier molecular flexibility index (Phi) is 5.61. The molecule has 0 radical (unpaired) electrons. The lowest BCUT2D eigenvalue weighted by molar-refractivity contribution is 0.0946. The lowest BCUT2D eigenvalue weighted by Gasteiger charge is -2.08. The molecule has 0 aliphatic rings. The van der Waals surface area contributed by atoms with Gasteiger partial charge in [0.05, 0.1) is 24.0 Å². The number of hydrogen-bond acceptors (Lipinski definition) is 6. The Morgan fingerprint density at radius 1 is 1.11 bits per heavy atom. The van der Waals surface area contributed by atoms with E-state index in [0.717, 1.165) is 11.3 Å². The Bertz CT molecular complexity index is 917. The number of rotatable bonds is 6. The third-order valence-corrected chi connectivity index (χ3v) is 4.04. The van der Waals surface area contributed by atoms with Crippen LogP contribution in [0.3, 0.4) is 0 Å². The Balaban J connectivity index is 1.65. The number of carbonyl (C=O) groups is 1. The molecule has 2 aromatic heterocycles. The van der Waals surface area contributed by atoms with Gasteiger partial charge >= 0.3 is 0 Å². The average molecular weight is 366 g/mol. The molecule has 7 nitrogen and oxygen atoms in total. The Morgan fingerprint density at radius 3 is 2.48 bits per heavy atom. The van der Waals surface area contributed by atoms with Crippen LogP contribution in [0, 0.1) is 0 Å². The smallest absolute Gasteiger partial charge is 0.251 e. The van der Waals surface area contributed by atoms with Gasteiger partial charge in [0.15, 0.2) is 5.82 Å². The SMILES string of the molecule is CC(C)c1noc(CNC(=O)c2ccc(-c3cccc(C(C)O)n3)cc2)n1. The maximum absolute atomic E-state index is 12.3. The van der Waals surface area contributed by atoms with Gasteiger partial charge in [0.1, 0.15) is 0 Å². The van der Waals surface area contributed by atoms with Gasteiger partial charge in [0.2, 0.25) is 5.89 Å². The fraction of sp³-hybridized carbons (Fsp3) is 0.300.